The van der Waals surface area contributed by atoms with Gasteiger partial charge in [-0.2, -0.15) is 0 Å². The van der Waals surface area contributed by atoms with Gasteiger partial charge in [-0.05, 0) is 46.3 Å². The Labute approximate surface area is 95.6 Å². The minimum Gasteiger partial charge on any atom is -0.423 e. The molecule has 1 aromatic rings. The molecule has 1 rings (SSSR count). The summed E-state index contributed by atoms with van der Waals surface area (Å²) in [4.78, 5) is 10.7. The van der Waals surface area contributed by atoms with E-state index >= 15 is 0 Å². The van der Waals surface area contributed by atoms with Gasteiger partial charge in [0.05, 0.1) is 0 Å². The fourth-order valence-electron chi connectivity index (χ4n) is 1.02. The zero-order valence-corrected chi connectivity index (χ0v) is 9.65. The smallest absolute Gasteiger partial charge is 0.423 e. The van der Waals surface area contributed by atoms with Crippen molar-refractivity contribution in [2.75, 3.05) is 5.32 Å². The van der Waals surface area contributed by atoms with Crippen LogP contribution in [-0.2, 0) is 4.79 Å². The molecule has 0 aliphatic heterocycles. The quantitative estimate of drug-likeness (QED) is 0.529. The van der Waals surface area contributed by atoms with Crippen molar-refractivity contribution in [2.45, 2.75) is 6.92 Å². The lowest BCUT2D eigenvalue weighted by atomic mass is 9.80. The minimum atomic E-state index is -1.52. The predicted octanol–water partition coefficient (Wildman–Crippen LogP) is -0.0706. The summed E-state index contributed by atoms with van der Waals surface area (Å²) in [7, 11) is -1.52. The molecule has 0 aliphatic carbocycles. The first-order valence-corrected chi connectivity index (χ1v) is 5.01. The van der Waals surface area contributed by atoms with Gasteiger partial charge in [0.25, 0.3) is 0 Å². The van der Waals surface area contributed by atoms with E-state index in [-0.39, 0.29) is 5.91 Å². The van der Waals surface area contributed by atoms with Gasteiger partial charge in [-0.1, -0.05) is 0 Å². The molecule has 1 aromatic carbocycles. The van der Waals surface area contributed by atoms with Crippen LogP contribution in [0.15, 0.2) is 18.2 Å². The molecule has 0 aliphatic rings. The Morgan fingerprint density at radius 3 is 2.64 bits per heavy atom. The molecule has 0 radical (unpaired) electrons. The molecule has 3 N–H and O–H groups in total. The zero-order chi connectivity index (χ0) is 10.7. The van der Waals surface area contributed by atoms with Crippen molar-refractivity contribution in [1.29, 1.82) is 0 Å². The lowest BCUT2D eigenvalue weighted by molar-refractivity contribution is -0.114. The summed E-state index contributed by atoms with van der Waals surface area (Å²) < 4.78 is 0.742. The Balaban J connectivity index is 3.00. The van der Waals surface area contributed by atoms with Gasteiger partial charge in [0.2, 0.25) is 5.91 Å². The summed E-state index contributed by atoms with van der Waals surface area (Å²) in [6.45, 7) is 1.40. The molecule has 0 bridgehead atoms. The monoisotopic (exact) mass is 305 g/mol. The Bertz CT molecular complexity index is 356. The van der Waals surface area contributed by atoms with Crippen molar-refractivity contribution in [1.82, 2.24) is 0 Å². The molecule has 0 fully saturated rings. The van der Waals surface area contributed by atoms with E-state index in [1.54, 1.807) is 12.1 Å². The number of amides is 1. The summed E-state index contributed by atoms with van der Waals surface area (Å²) in [5, 5.41) is 20.6. The molecular formula is C8H9BINO3. The first-order chi connectivity index (χ1) is 6.50. The van der Waals surface area contributed by atoms with E-state index in [0.717, 1.165) is 3.57 Å². The summed E-state index contributed by atoms with van der Waals surface area (Å²) in [6.07, 6.45) is 0. The molecule has 0 unspecified atom stereocenters. The second kappa shape index (κ2) is 4.76. The average Bonchev–Trinajstić information content (AvgIpc) is 2.07. The van der Waals surface area contributed by atoms with Crippen LogP contribution < -0.4 is 10.8 Å². The molecule has 4 nitrogen and oxygen atoms in total. The van der Waals surface area contributed by atoms with Crippen LogP contribution in [0.3, 0.4) is 0 Å². The van der Waals surface area contributed by atoms with Crippen molar-refractivity contribution in [2.24, 2.45) is 0 Å². The van der Waals surface area contributed by atoms with E-state index in [4.69, 9.17) is 10.0 Å². The summed E-state index contributed by atoms with van der Waals surface area (Å²) in [6, 6.07) is 4.95. The van der Waals surface area contributed by atoms with Crippen LogP contribution in [-0.4, -0.2) is 23.1 Å². The molecule has 74 valence electrons. The van der Waals surface area contributed by atoms with Crippen LogP contribution in [0.2, 0.25) is 0 Å². The largest absolute Gasteiger partial charge is 0.489 e. The van der Waals surface area contributed by atoms with Gasteiger partial charge in [0, 0.05) is 16.2 Å². The Kier molecular flexibility index (Phi) is 3.91. The lowest BCUT2D eigenvalue weighted by Gasteiger charge is -2.07. The molecular weight excluding hydrogens is 296 g/mol. The van der Waals surface area contributed by atoms with Gasteiger partial charge in [0.1, 0.15) is 0 Å². The summed E-state index contributed by atoms with van der Waals surface area (Å²) in [5.74, 6) is -0.190. The number of carbonyl (C=O) groups is 1. The van der Waals surface area contributed by atoms with E-state index < -0.39 is 7.12 Å². The highest BCUT2D eigenvalue weighted by Crippen LogP contribution is 2.09. The number of benzene rings is 1. The normalized spacial score (nSPS) is 9.71. The van der Waals surface area contributed by atoms with Crippen molar-refractivity contribution in [3.8, 4) is 0 Å². The van der Waals surface area contributed by atoms with Crippen LogP contribution in [0, 0.1) is 3.57 Å². The van der Waals surface area contributed by atoms with Crippen LogP contribution in [0.25, 0.3) is 0 Å². The second-order valence-corrected chi connectivity index (χ2v) is 3.95. The predicted molar refractivity (Wildman–Crippen MR) is 63.3 cm³/mol. The first-order valence-electron chi connectivity index (χ1n) is 3.94. The maximum Gasteiger partial charge on any atom is 0.489 e. The van der Waals surface area contributed by atoms with Crippen molar-refractivity contribution in [3.63, 3.8) is 0 Å². The van der Waals surface area contributed by atoms with Crippen LogP contribution in [0.4, 0.5) is 5.69 Å². The van der Waals surface area contributed by atoms with E-state index in [1.807, 2.05) is 22.6 Å². The highest BCUT2D eigenvalue weighted by molar-refractivity contribution is 14.1. The van der Waals surface area contributed by atoms with Gasteiger partial charge in [0.15, 0.2) is 0 Å². The molecule has 0 aromatic heterocycles. The van der Waals surface area contributed by atoms with E-state index in [0.29, 0.717) is 11.2 Å². The van der Waals surface area contributed by atoms with Gasteiger partial charge in [-0.15, -0.1) is 0 Å². The molecule has 1 amide bonds. The Morgan fingerprint density at radius 1 is 1.50 bits per heavy atom. The minimum absolute atomic E-state index is 0.190. The van der Waals surface area contributed by atoms with Gasteiger partial charge < -0.3 is 15.4 Å². The third-order valence-electron chi connectivity index (χ3n) is 1.59. The SMILES string of the molecule is CC(=O)Nc1ccc(I)c(B(O)O)c1. The van der Waals surface area contributed by atoms with Crippen molar-refractivity contribution >= 4 is 46.8 Å². The lowest BCUT2D eigenvalue weighted by Crippen LogP contribution is -2.32. The van der Waals surface area contributed by atoms with Crippen LogP contribution in [0.1, 0.15) is 6.92 Å². The van der Waals surface area contributed by atoms with E-state index in [1.165, 1.54) is 13.0 Å². The van der Waals surface area contributed by atoms with E-state index in [9.17, 15) is 4.79 Å². The number of hydrogen-bond acceptors (Lipinski definition) is 3. The van der Waals surface area contributed by atoms with Crippen LogP contribution in [0.5, 0.6) is 0 Å². The number of anilines is 1. The maximum absolute atomic E-state index is 10.7. The molecule has 0 atom stereocenters. The van der Waals surface area contributed by atoms with Gasteiger partial charge in [-0.3, -0.25) is 4.79 Å². The average molecular weight is 305 g/mol. The number of carbonyl (C=O) groups excluding carboxylic acids is 1. The Hall–Kier alpha value is -0.595. The van der Waals surface area contributed by atoms with Crippen molar-refractivity contribution < 1.29 is 14.8 Å². The fourth-order valence-corrected chi connectivity index (χ4v) is 1.64. The highest BCUT2D eigenvalue weighted by atomic mass is 127. The summed E-state index contributed by atoms with van der Waals surface area (Å²) >= 11 is 1.99. The molecule has 0 spiro atoms. The van der Waals surface area contributed by atoms with Gasteiger partial charge >= 0.3 is 7.12 Å². The van der Waals surface area contributed by atoms with Crippen molar-refractivity contribution in [3.05, 3.63) is 21.8 Å². The van der Waals surface area contributed by atoms with E-state index in [2.05, 4.69) is 5.32 Å². The summed E-state index contributed by atoms with van der Waals surface area (Å²) in [5.41, 5.74) is 0.942. The van der Waals surface area contributed by atoms with Crippen LogP contribution >= 0.6 is 22.6 Å². The first kappa shape index (κ1) is 11.5. The topological polar surface area (TPSA) is 69.6 Å². The number of hydrogen-bond donors (Lipinski definition) is 3. The Morgan fingerprint density at radius 2 is 2.14 bits per heavy atom. The fraction of sp³-hybridized carbons (Fsp3) is 0.125. The third kappa shape index (κ3) is 2.97. The third-order valence-corrected chi connectivity index (χ3v) is 2.58. The number of rotatable bonds is 2. The molecule has 0 heterocycles. The molecule has 14 heavy (non-hydrogen) atoms. The number of nitrogens with one attached hydrogen (secondary N) is 1. The molecule has 0 saturated carbocycles. The highest BCUT2D eigenvalue weighted by Gasteiger charge is 2.15. The van der Waals surface area contributed by atoms with Gasteiger partial charge in [-0.25, -0.2) is 0 Å². The number of halogens is 1. The maximum atomic E-state index is 10.7. The molecule has 0 saturated heterocycles. The zero-order valence-electron chi connectivity index (χ0n) is 7.49. The standard InChI is InChI=1S/C8H9BINO3/c1-5(12)11-6-2-3-8(10)7(4-6)9(13)14/h2-4,13-14H,1H3,(H,11,12). The molecule has 6 heteroatoms. The second-order valence-electron chi connectivity index (χ2n) is 2.79.